The number of aliphatic hydroxyl groups excluding tert-OH is 1. The van der Waals surface area contributed by atoms with Gasteiger partial charge >= 0.3 is 18.0 Å². The fourth-order valence-corrected chi connectivity index (χ4v) is 4.68. The lowest BCUT2D eigenvalue weighted by Gasteiger charge is -2.44. The predicted octanol–water partition coefficient (Wildman–Crippen LogP) is 1.52. The Hall–Kier alpha value is -3.91. The maximum atomic E-state index is 12.2. The lowest BCUT2D eigenvalue weighted by Crippen LogP contribution is -2.61. The van der Waals surface area contributed by atoms with Crippen LogP contribution in [-0.4, -0.2) is 69.3 Å². The Morgan fingerprint density at radius 2 is 2.00 bits per heavy atom. The predicted molar refractivity (Wildman–Crippen MR) is 124 cm³/mol. The summed E-state index contributed by atoms with van der Waals surface area (Å²) in [4.78, 5) is 59.0. The van der Waals surface area contributed by atoms with Crippen molar-refractivity contribution >= 4 is 41.4 Å². The molecule has 14 heteroatoms. The van der Waals surface area contributed by atoms with Gasteiger partial charge in [-0.25, -0.2) is 14.4 Å². The van der Waals surface area contributed by atoms with Crippen LogP contribution in [0.2, 0.25) is 0 Å². The Kier molecular flexibility index (Phi) is 8.66. The molecule has 1 fully saturated rings. The van der Waals surface area contributed by atoms with Crippen molar-refractivity contribution in [2.45, 2.75) is 32.1 Å². The lowest BCUT2D eigenvalue weighted by atomic mass is 9.83. The normalized spacial score (nSPS) is 19.5. The Labute approximate surface area is 208 Å². The highest BCUT2D eigenvalue weighted by Gasteiger charge is 2.56. The van der Waals surface area contributed by atoms with Crippen molar-refractivity contribution < 1.29 is 43.8 Å². The average molecular weight is 522 g/mol. The van der Waals surface area contributed by atoms with E-state index in [9.17, 15) is 39.5 Å². The highest BCUT2D eigenvalue weighted by atomic mass is 32.2. The molecule has 2 aliphatic rings. The van der Waals surface area contributed by atoms with Crippen LogP contribution in [0.4, 0.5) is 10.5 Å². The molecule has 0 spiro atoms. The number of ether oxygens (including phenoxy) is 2. The van der Waals surface area contributed by atoms with Crippen LogP contribution in [0, 0.1) is 16.0 Å². The zero-order valence-corrected chi connectivity index (χ0v) is 19.8. The van der Waals surface area contributed by atoms with Gasteiger partial charge in [0, 0.05) is 29.5 Å². The Balaban J connectivity index is 1.36. The molecule has 0 radical (unpaired) electrons. The van der Waals surface area contributed by atoms with Crippen LogP contribution in [-0.2, 0) is 30.5 Å². The summed E-state index contributed by atoms with van der Waals surface area (Å²) in [5.41, 5.74) is 0.329. The van der Waals surface area contributed by atoms with Gasteiger partial charge in [0.05, 0.1) is 29.5 Å². The number of esters is 1. The summed E-state index contributed by atoms with van der Waals surface area (Å²) >= 11 is 0.978. The highest BCUT2D eigenvalue weighted by Crippen LogP contribution is 2.47. The molecule has 1 aromatic rings. The third kappa shape index (κ3) is 6.20. The molecule has 2 aliphatic heterocycles. The van der Waals surface area contributed by atoms with E-state index in [0.717, 1.165) is 17.8 Å². The number of benzene rings is 1. The molecule has 13 nitrogen and oxygen atoms in total. The minimum absolute atomic E-state index is 0.0282. The molecule has 3 rings (SSSR count). The molecule has 3 atom stereocenters. The molecular weight excluding hydrogens is 498 g/mol. The largest absolute Gasteiger partial charge is 0.477 e. The maximum Gasteiger partial charge on any atom is 0.407 e. The van der Waals surface area contributed by atoms with Crippen molar-refractivity contribution in [1.82, 2.24) is 10.2 Å². The molecule has 2 heterocycles. The Morgan fingerprint density at radius 1 is 1.31 bits per heavy atom. The summed E-state index contributed by atoms with van der Waals surface area (Å²) in [6, 6.07) is 5.09. The van der Waals surface area contributed by atoms with Crippen molar-refractivity contribution in [3.63, 3.8) is 0 Å². The SMILES string of the molecule is C[C@H](O)[C@@H]1C(=O)N2C(C(=O)O)=C(SC=CC(=O)OCCNC(=O)OCc3ccc([N+](=O)[O-])cc3)C[C@H]12. The second kappa shape index (κ2) is 11.7. The number of non-ortho nitro benzene ring substituents is 1. The first-order valence-electron chi connectivity index (χ1n) is 10.7. The number of β-lactam (4-membered cyclic amide) rings is 1. The zero-order chi connectivity index (χ0) is 26.4. The second-order valence-electron chi connectivity index (χ2n) is 7.84. The number of carboxylic acids is 1. The molecule has 192 valence electrons. The number of hydrogen-bond donors (Lipinski definition) is 3. The van der Waals surface area contributed by atoms with E-state index in [1.165, 1.54) is 41.5 Å². The number of carbonyl (C=O) groups is 4. The quantitative estimate of drug-likeness (QED) is 0.0957. The van der Waals surface area contributed by atoms with Gasteiger partial charge in [0.25, 0.3) is 5.69 Å². The number of nitrogens with one attached hydrogen (secondary N) is 1. The molecule has 0 unspecified atom stereocenters. The summed E-state index contributed by atoms with van der Waals surface area (Å²) in [6.45, 7) is 1.21. The molecular formula is C22H23N3O10S. The monoisotopic (exact) mass is 521 g/mol. The van der Waals surface area contributed by atoms with Crippen LogP contribution >= 0.6 is 11.8 Å². The first-order chi connectivity index (χ1) is 17.1. The number of aliphatic carboxylic acids is 1. The molecule has 0 aromatic heterocycles. The minimum Gasteiger partial charge on any atom is -0.477 e. The Bertz CT molecular complexity index is 1120. The number of nitrogens with zero attached hydrogens (tertiary/aromatic N) is 2. The van der Waals surface area contributed by atoms with Crippen molar-refractivity contribution in [3.8, 4) is 0 Å². The van der Waals surface area contributed by atoms with Crippen molar-refractivity contribution in [2.24, 2.45) is 5.92 Å². The first-order valence-corrected chi connectivity index (χ1v) is 11.6. The lowest BCUT2D eigenvalue weighted by molar-refractivity contribution is -0.384. The number of hydrogen-bond acceptors (Lipinski definition) is 10. The zero-order valence-electron chi connectivity index (χ0n) is 19.0. The Morgan fingerprint density at radius 3 is 2.61 bits per heavy atom. The average Bonchev–Trinajstić information content (AvgIpc) is 3.14. The van der Waals surface area contributed by atoms with Gasteiger partial charge in [0.2, 0.25) is 5.91 Å². The van der Waals surface area contributed by atoms with Crippen LogP contribution in [0.15, 0.2) is 46.4 Å². The number of rotatable bonds is 11. The topological polar surface area (TPSA) is 186 Å². The first kappa shape index (κ1) is 26.7. The molecule has 36 heavy (non-hydrogen) atoms. The third-order valence-electron chi connectivity index (χ3n) is 5.44. The number of carbonyl (C=O) groups excluding carboxylic acids is 3. The van der Waals surface area contributed by atoms with Gasteiger partial charge in [-0.1, -0.05) is 11.8 Å². The van der Waals surface area contributed by atoms with E-state index in [1.54, 1.807) is 0 Å². The van der Waals surface area contributed by atoms with Gasteiger partial charge in [-0.2, -0.15) is 0 Å². The fourth-order valence-electron chi connectivity index (χ4n) is 3.77. The van der Waals surface area contributed by atoms with Crippen LogP contribution in [0.25, 0.3) is 0 Å². The number of thioether (sulfide) groups is 1. The van der Waals surface area contributed by atoms with Crippen molar-refractivity contribution in [1.29, 1.82) is 0 Å². The molecule has 1 saturated heterocycles. The highest BCUT2D eigenvalue weighted by molar-refractivity contribution is 8.05. The third-order valence-corrected chi connectivity index (χ3v) is 6.35. The van der Waals surface area contributed by atoms with Crippen LogP contribution in [0.1, 0.15) is 18.9 Å². The number of carboxylic acid groups (broad SMARTS) is 1. The van der Waals surface area contributed by atoms with Gasteiger partial charge in [-0.15, -0.1) is 0 Å². The van der Waals surface area contributed by atoms with Gasteiger partial charge < -0.3 is 29.9 Å². The van der Waals surface area contributed by atoms with E-state index in [1.807, 2.05) is 0 Å². The summed E-state index contributed by atoms with van der Waals surface area (Å²) < 4.78 is 9.91. The van der Waals surface area contributed by atoms with E-state index in [2.05, 4.69) is 5.32 Å². The van der Waals surface area contributed by atoms with Gasteiger partial charge in [0.1, 0.15) is 18.9 Å². The number of alkyl carbamates (subject to hydrolysis) is 1. The maximum absolute atomic E-state index is 12.2. The van der Waals surface area contributed by atoms with Crippen LogP contribution in [0.5, 0.6) is 0 Å². The second-order valence-corrected chi connectivity index (χ2v) is 8.84. The summed E-state index contributed by atoms with van der Waals surface area (Å²) in [5, 5.41) is 33.6. The van der Waals surface area contributed by atoms with Gasteiger partial charge in [-0.3, -0.25) is 14.9 Å². The standard InChI is InChI=1S/C22H23N3O10S/c1-12(26)18-15-10-16(19(21(29)30)24(15)20(18)28)36-9-6-17(27)34-8-7-23-22(31)35-11-13-2-4-14(5-3-13)25(32)33/h2-6,9,12,15,18,26H,7-8,10-11H2,1H3,(H,23,31)(H,29,30)/t12-,15+,18-/m0/s1. The van der Waals surface area contributed by atoms with Gasteiger partial charge in [0.15, 0.2) is 0 Å². The van der Waals surface area contributed by atoms with E-state index < -0.39 is 46.9 Å². The van der Waals surface area contributed by atoms with Gasteiger partial charge in [-0.05, 0) is 30.0 Å². The van der Waals surface area contributed by atoms with Crippen molar-refractivity contribution in [3.05, 3.63) is 62.0 Å². The summed E-state index contributed by atoms with van der Waals surface area (Å²) in [5.74, 6) is -3.08. The number of nitro benzene ring substituents is 1. The van der Waals surface area contributed by atoms with Crippen LogP contribution in [0.3, 0.4) is 0 Å². The molecule has 0 bridgehead atoms. The van der Waals surface area contributed by atoms with E-state index in [4.69, 9.17) is 9.47 Å². The number of nitro groups is 1. The molecule has 2 amide bonds. The summed E-state index contributed by atoms with van der Waals surface area (Å²) in [7, 11) is 0. The van der Waals surface area contributed by atoms with Crippen molar-refractivity contribution in [2.75, 3.05) is 13.2 Å². The number of aliphatic hydroxyl groups is 1. The van der Waals surface area contributed by atoms with E-state index in [-0.39, 0.29) is 37.6 Å². The molecule has 1 aromatic carbocycles. The minimum atomic E-state index is -1.26. The molecule has 3 N–H and O–H groups in total. The smallest absolute Gasteiger partial charge is 0.407 e. The summed E-state index contributed by atoms with van der Waals surface area (Å²) in [6.07, 6.45) is -0.302. The fraction of sp³-hybridized carbons (Fsp3) is 0.364. The molecule has 0 saturated carbocycles. The number of fused-ring (bicyclic) bond motifs is 1. The molecule has 0 aliphatic carbocycles. The van der Waals surface area contributed by atoms with Crippen LogP contribution < -0.4 is 5.32 Å². The van der Waals surface area contributed by atoms with E-state index in [0.29, 0.717) is 10.5 Å². The number of amides is 2. The van der Waals surface area contributed by atoms with E-state index >= 15 is 0 Å².